The second-order valence-corrected chi connectivity index (χ2v) is 5.99. The summed E-state index contributed by atoms with van der Waals surface area (Å²) in [4.78, 5) is 0. The van der Waals surface area contributed by atoms with Gasteiger partial charge in [0.1, 0.15) is 6.04 Å². The van der Waals surface area contributed by atoms with Crippen molar-refractivity contribution in [2.75, 3.05) is 0 Å². The Morgan fingerprint density at radius 1 is 0.864 bits per heavy atom. The number of alkyl halides is 3. The molecule has 1 atom stereocenters. The zero-order valence-electron chi connectivity index (χ0n) is 13.5. The minimum absolute atomic E-state index is 0.132. The lowest BCUT2D eigenvalue weighted by atomic mass is 10.0. The fourth-order valence-corrected chi connectivity index (χ4v) is 2.54. The van der Waals surface area contributed by atoms with E-state index in [0.29, 0.717) is 0 Å². The van der Waals surface area contributed by atoms with Gasteiger partial charge in [0.05, 0.1) is 0 Å². The van der Waals surface area contributed by atoms with Crippen LogP contribution in [0.2, 0.25) is 0 Å². The molecule has 0 fully saturated rings. The van der Waals surface area contributed by atoms with Crippen LogP contribution in [0.5, 0.6) is 0 Å². The molecule has 22 heavy (non-hydrogen) atoms. The first-order chi connectivity index (χ1) is 10.4. The molecule has 1 rings (SSSR count). The highest BCUT2D eigenvalue weighted by Crippen LogP contribution is 2.30. The third-order valence-corrected chi connectivity index (χ3v) is 4.01. The fraction of sp³-hybridized carbons (Fsp3) is 0.667. The predicted octanol–water partition coefficient (Wildman–Crippen LogP) is 5.93. The van der Waals surface area contributed by atoms with Crippen molar-refractivity contribution in [1.82, 2.24) is 0 Å². The molecule has 2 N–H and O–H groups in total. The van der Waals surface area contributed by atoms with Gasteiger partial charge in [-0.15, -0.1) is 0 Å². The van der Waals surface area contributed by atoms with Gasteiger partial charge in [0, 0.05) is 0 Å². The number of aryl methyl sites for hydroxylation is 1. The minimum Gasteiger partial charge on any atom is -0.316 e. The van der Waals surface area contributed by atoms with E-state index in [1.165, 1.54) is 57.1 Å². The highest BCUT2D eigenvalue weighted by molar-refractivity contribution is 5.25. The summed E-state index contributed by atoms with van der Waals surface area (Å²) < 4.78 is 37.5. The zero-order chi connectivity index (χ0) is 16.4. The maximum absolute atomic E-state index is 12.5. The summed E-state index contributed by atoms with van der Waals surface area (Å²) in [7, 11) is 0. The van der Waals surface area contributed by atoms with Crippen molar-refractivity contribution in [2.45, 2.75) is 76.9 Å². The molecule has 0 unspecified atom stereocenters. The topological polar surface area (TPSA) is 26.0 Å². The molecule has 0 aliphatic rings. The number of hydrogen-bond donors (Lipinski definition) is 1. The summed E-state index contributed by atoms with van der Waals surface area (Å²) in [6.07, 6.45) is 6.62. The Balaban J connectivity index is 2.22. The lowest BCUT2D eigenvalue weighted by molar-refractivity contribution is -0.149. The van der Waals surface area contributed by atoms with Crippen LogP contribution in [0.15, 0.2) is 24.3 Å². The SMILES string of the molecule is CCCCCCCCCCc1ccc([C@@H](N)C(F)(F)F)cc1. The second-order valence-electron chi connectivity index (χ2n) is 5.99. The van der Waals surface area contributed by atoms with E-state index in [1.807, 2.05) is 0 Å². The smallest absolute Gasteiger partial charge is 0.316 e. The molecule has 0 aliphatic carbocycles. The van der Waals surface area contributed by atoms with Crippen LogP contribution in [0.25, 0.3) is 0 Å². The molecule has 1 aromatic rings. The van der Waals surface area contributed by atoms with Gasteiger partial charge in [-0.3, -0.25) is 0 Å². The predicted molar refractivity (Wildman–Crippen MR) is 85.7 cm³/mol. The van der Waals surface area contributed by atoms with Crippen LogP contribution in [0.3, 0.4) is 0 Å². The van der Waals surface area contributed by atoms with Gasteiger partial charge in [-0.2, -0.15) is 13.2 Å². The number of nitrogens with two attached hydrogens (primary N) is 1. The van der Waals surface area contributed by atoms with Gasteiger partial charge < -0.3 is 5.73 Å². The fourth-order valence-electron chi connectivity index (χ4n) is 2.54. The van der Waals surface area contributed by atoms with Crippen LogP contribution in [-0.2, 0) is 6.42 Å². The highest BCUT2D eigenvalue weighted by atomic mass is 19.4. The van der Waals surface area contributed by atoms with Gasteiger partial charge in [-0.05, 0) is 24.0 Å². The van der Waals surface area contributed by atoms with E-state index in [4.69, 9.17) is 5.73 Å². The maximum Gasteiger partial charge on any atom is 0.407 e. The Morgan fingerprint density at radius 2 is 1.36 bits per heavy atom. The first-order valence-electron chi connectivity index (χ1n) is 8.36. The van der Waals surface area contributed by atoms with E-state index in [-0.39, 0.29) is 5.56 Å². The third kappa shape index (κ3) is 7.30. The molecule has 0 heterocycles. The van der Waals surface area contributed by atoms with Crippen molar-refractivity contribution in [3.63, 3.8) is 0 Å². The van der Waals surface area contributed by atoms with Crippen LogP contribution >= 0.6 is 0 Å². The lowest BCUT2D eigenvalue weighted by Gasteiger charge is -2.16. The van der Waals surface area contributed by atoms with Crippen molar-refractivity contribution in [1.29, 1.82) is 0 Å². The first kappa shape index (κ1) is 19.0. The van der Waals surface area contributed by atoms with Gasteiger partial charge in [0.15, 0.2) is 0 Å². The first-order valence-corrected chi connectivity index (χ1v) is 8.36. The summed E-state index contributed by atoms with van der Waals surface area (Å²) >= 11 is 0. The summed E-state index contributed by atoms with van der Waals surface area (Å²) in [5.41, 5.74) is 6.41. The average Bonchev–Trinajstić information content (AvgIpc) is 2.49. The molecule has 0 amide bonds. The van der Waals surface area contributed by atoms with Gasteiger partial charge in [-0.1, -0.05) is 76.1 Å². The highest BCUT2D eigenvalue weighted by Gasteiger charge is 2.37. The van der Waals surface area contributed by atoms with Crippen LogP contribution in [0.4, 0.5) is 13.2 Å². The van der Waals surface area contributed by atoms with Crippen LogP contribution in [0, 0.1) is 0 Å². The van der Waals surface area contributed by atoms with Crippen molar-refractivity contribution >= 4 is 0 Å². The number of halogens is 3. The van der Waals surface area contributed by atoms with Crippen molar-refractivity contribution < 1.29 is 13.2 Å². The molecule has 126 valence electrons. The summed E-state index contributed by atoms with van der Waals surface area (Å²) in [6, 6.07) is 4.64. The van der Waals surface area contributed by atoms with Gasteiger partial charge >= 0.3 is 6.18 Å². The molecule has 1 nitrogen and oxygen atoms in total. The summed E-state index contributed by atoms with van der Waals surface area (Å²) in [6.45, 7) is 2.22. The molecule has 0 spiro atoms. The van der Waals surface area contributed by atoms with E-state index < -0.39 is 12.2 Å². The van der Waals surface area contributed by atoms with E-state index in [1.54, 1.807) is 12.1 Å². The lowest BCUT2D eigenvalue weighted by Crippen LogP contribution is -2.28. The van der Waals surface area contributed by atoms with E-state index in [9.17, 15) is 13.2 Å². The zero-order valence-corrected chi connectivity index (χ0v) is 13.5. The van der Waals surface area contributed by atoms with Gasteiger partial charge in [0.2, 0.25) is 0 Å². The van der Waals surface area contributed by atoms with Crippen LogP contribution in [-0.4, -0.2) is 6.18 Å². The van der Waals surface area contributed by atoms with Gasteiger partial charge in [-0.25, -0.2) is 0 Å². The molecular weight excluding hydrogens is 287 g/mol. The molecule has 0 aliphatic heterocycles. The van der Waals surface area contributed by atoms with Crippen molar-refractivity contribution in [3.8, 4) is 0 Å². The summed E-state index contributed by atoms with van der Waals surface area (Å²) in [5.74, 6) is 0. The molecule has 0 aromatic heterocycles. The third-order valence-electron chi connectivity index (χ3n) is 4.01. The molecule has 0 saturated heterocycles. The Hall–Kier alpha value is -1.03. The van der Waals surface area contributed by atoms with E-state index >= 15 is 0 Å². The number of rotatable bonds is 10. The number of benzene rings is 1. The number of hydrogen-bond acceptors (Lipinski definition) is 1. The average molecular weight is 315 g/mol. The number of unbranched alkanes of at least 4 members (excludes halogenated alkanes) is 7. The van der Waals surface area contributed by atoms with Gasteiger partial charge in [0.25, 0.3) is 0 Å². The normalized spacial score (nSPS) is 13.3. The maximum atomic E-state index is 12.5. The monoisotopic (exact) mass is 315 g/mol. The summed E-state index contributed by atoms with van der Waals surface area (Å²) in [5, 5.41) is 0. The van der Waals surface area contributed by atoms with E-state index in [2.05, 4.69) is 6.92 Å². The van der Waals surface area contributed by atoms with Crippen molar-refractivity contribution in [3.05, 3.63) is 35.4 Å². The Morgan fingerprint density at radius 3 is 1.86 bits per heavy atom. The molecule has 0 saturated carbocycles. The van der Waals surface area contributed by atoms with E-state index in [0.717, 1.165) is 18.4 Å². The Kier molecular flexibility index (Phi) is 8.54. The Bertz CT molecular complexity index is 398. The van der Waals surface area contributed by atoms with Crippen LogP contribution < -0.4 is 5.73 Å². The Labute approximate surface area is 132 Å². The molecule has 1 aromatic carbocycles. The minimum atomic E-state index is -4.38. The molecular formula is C18H28F3N. The second kappa shape index (κ2) is 9.88. The molecule has 4 heteroatoms. The van der Waals surface area contributed by atoms with Crippen molar-refractivity contribution in [2.24, 2.45) is 5.73 Å². The quantitative estimate of drug-likeness (QED) is 0.532. The largest absolute Gasteiger partial charge is 0.407 e. The molecule has 0 bridgehead atoms. The molecule has 0 radical (unpaired) electrons. The standard InChI is InChI=1S/C18H28F3N/c1-2-3-4-5-6-7-8-9-10-15-11-13-16(14-12-15)17(22)18(19,20)21/h11-14,17H,2-10,22H2,1H3/t17-/m1/s1. The van der Waals surface area contributed by atoms with Crippen LogP contribution in [0.1, 0.15) is 75.5 Å².